The first-order valence-corrected chi connectivity index (χ1v) is 5.08. The van der Waals surface area contributed by atoms with Crippen molar-refractivity contribution in [2.45, 2.75) is 32.1 Å². The highest BCUT2D eigenvalue weighted by Gasteiger charge is 2.41. The molecule has 0 bridgehead atoms. The van der Waals surface area contributed by atoms with E-state index in [1.807, 2.05) is 18.5 Å². The molecule has 0 radical (unpaired) electrons. The number of carbonyl (C=O) groups is 1. The Bertz CT molecular complexity index is 310. The van der Waals surface area contributed by atoms with Crippen molar-refractivity contribution < 1.29 is 9.90 Å². The molecule has 0 amide bonds. The first-order valence-electron chi connectivity index (χ1n) is 5.08. The SMILES string of the molecule is O=C(O)C1(Cc2cc[nH]c2)CCCC1. The van der Waals surface area contributed by atoms with Crippen LogP contribution in [0.3, 0.4) is 0 Å². The lowest BCUT2D eigenvalue weighted by Crippen LogP contribution is -2.29. The second kappa shape index (κ2) is 3.48. The van der Waals surface area contributed by atoms with Crippen molar-refractivity contribution in [1.82, 2.24) is 4.98 Å². The largest absolute Gasteiger partial charge is 0.481 e. The lowest BCUT2D eigenvalue weighted by molar-refractivity contribution is -0.148. The minimum Gasteiger partial charge on any atom is -0.481 e. The lowest BCUT2D eigenvalue weighted by Gasteiger charge is -2.22. The molecule has 0 saturated heterocycles. The minimum atomic E-state index is -0.629. The van der Waals surface area contributed by atoms with Crippen LogP contribution in [0.25, 0.3) is 0 Å². The molecule has 0 aliphatic heterocycles. The molecule has 14 heavy (non-hydrogen) atoms. The van der Waals surface area contributed by atoms with E-state index in [0.717, 1.165) is 31.2 Å². The maximum atomic E-state index is 11.2. The summed E-state index contributed by atoms with van der Waals surface area (Å²) in [7, 11) is 0. The average Bonchev–Trinajstić information content (AvgIpc) is 2.76. The molecule has 0 unspecified atom stereocenters. The Labute approximate surface area is 83.1 Å². The highest BCUT2D eigenvalue weighted by atomic mass is 16.4. The third-order valence-electron chi connectivity index (χ3n) is 3.22. The Balaban J connectivity index is 2.16. The fourth-order valence-electron chi connectivity index (χ4n) is 2.38. The number of hydrogen-bond donors (Lipinski definition) is 2. The third kappa shape index (κ3) is 1.54. The van der Waals surface area contributed by atoms with Crippen LogP contribution in [0.4, 0.5) is 0 Å². The van der Waals surface area contributed by atoms with E-state index in [2.05, 4.69) is 4.98 Å². The second-order valence-corrected chi connectivity index (χ2v) is 4.19. The van der Waals surface area contributed by atoms with Crippen LogP contribution >= 0.6 is 0 Å². The van der Waals surface area contributed by atoms with Crippen molar-refractivity contribution in [2.24, 2.45) is 5.41 Å². The summed E-state index contributed by atoms with van der Waals surface area (Å²) < 4.78 is 0. The van der Waals surface area contributed by atoms with E-state index in [4.69, 9.17) is 0 Å². The Morgan fingerprint density at radius 1 is 1.50 bits per heavy atom. The summed E-state index contributed by atoms with van der Waals surface area (Å²) in [6.07, 6.45) is 8.17. The standard InChI is InChI=1S/C11H15NO2/c13-10(14)11(4-1-2-5-11)7-9-3-6-12-8-9/h3,6,8,12H,1-2,4-5,7H2,(H,13,14). The molecule has 1 aromatic rings. The van der Waals surface area contributed by atoms with Crippen molar-refractivity contribution >= 4 is 5.97 Å². The van der Waals surface area contributed by atoms with Gasteiger partial charge in [0, 0.05) is 12.4 Å². The zero-order valence-electron chi connectivity index (χ0n) is 8.12. The zero-order valence-corrected chi connectivity index (χ0v) is 8.12. The molecule has 1 aliphatic rings. The maximum absolute atomic E-state index is 11.2. The van der Waals surface area contributed by atoms with Gasteiger partial charge in [-0.25, -0.2) is 0 Å². The molecule has 76 valence electrons. The zero-order chi connectivity index (χ0) is 10.0. The number of H-pyrrole nitrogens is 1. The number of nitrogens with one attached hydrogen (secondary N) is 1. The summed E-state index contributed by atoms with van der Waals surface area (Å²) in [4.78, 5) is 14.2. The predicted octanol–water partition coefficient (Wildman–Crippen LogP) is 2.20. The van der Waals surface area contributed by atoms with E-state index >= 15 is 0 Å². The van der Waals surface area contributed by atoms with E-state index < -0.39 is 11.4 Å². The van der Waals surface area contributed by atoms with Crippen molar-refractivity contribution in [3.05, 3.63) is 24.0 Å². The van der Waals surface area contributed by atoms with Gasteiger partial charge in [-0.05, 0) is 30.9 Å². The van der Waals surface area contributed by atoms with Gasteiger partial charge in [0.25, 0.3) is 0 Å². The van der Waals surface area contributed by atoms with Crippen LogP contribution in [0, 0.1) is 5.41 Å². The van der Waals surface area contributed by atoms with Crippen LogP contribution < -0.4 is 0 Å². The van der Waals surface area contributed by atoms with Crippen molar-refractivity contribution in [3.8, 4) is 0 Å². The fourth-order valence-corrected chi connectivity index (χ4v) is 2.38. The monoisotopic (exact) mass is 193 g/mol. The summed E-state index contributed by atoms with van der Waals surface area (Å²) >= 11 is 0. The number of aromatic nitrogens is 1. The Hall–Kier alpha value is -1.25. The Morgan fingerprint density at radius 2 is 2.21 bits per heavy atom. The first-order chi connectivity index (χ1) is 6.73. The van der Waals surface area contributed by atoms with Crippen molar-refractivity contribution in [3.63, 3.8) is 0 Å². The molecule has 2 rings (SSSR count). The maximum Gasteiger partial charge on any atom is 0.309 e. The number of rotatable bonds is 3. The molecule has 2 N–H and O–H groups in total. The summed E-state index contributed by atoms with van der Waals surface area (Å²) in [5.74, 6) is -0.629. The smallest absolute Gasteiger partial charge is 0.309 e. The lowest BCUT2D eigenvalue weighted by atomic mass is 9.81. The predicted molar refractivity (Wildman–Crippen MR) is 53.0 cm³/mol. The summed E-state index contributed by atoms with van der Waals surface area (Å²) in [6, 6.07) is 1.96. The van der Waals surface area contributed by atoms with E-state index in [9.17, 15) is 9.90 Å². The van der Waals surface area contributed by atoms with Gasteiger partial charge in [0.1, 0.15) is 0 Å². The van der Waals surface area contributed by atoms with E-state index in [1.165, 1.54) is 0 Å². The van der Waals surface area contributed by atoms with Gasteiger partial charge < -0.3 is 10.1 Å². The number of carboxylic acid groups (broad SMARTS) is 1. The molecule has 0 aromatic carbocycles. The van der Waals surface area contributed by atoms with E-state index in [0.29, 0.717) is 6.42 Å². The van der Waals surface area contributed by atoms with Crippen LogP contribution in [0.5, 0.6) is 0 Å². The van der Waals surface area contributed by atoms with Crippen molar-refractivity contribution in [2.75, 3.05) is 0 Å². The first kappa shape index (κ1) is 9.31. The highest BCUT2D eigenvalue weighted by molar-refractivity contribution is 5.75. The minimum absolute atomic E-state index is 0.484. The van der Waals surface area contributed by atoms with Gasteiger partial charge in [-0.15, -0.1) is 0 Å². The normalized spacial score (nSPS) is 19.7. The molecule has 1 aliphatic carbocycles. The second-order valence-electron chi connectivity index (χ2n) is 4.19. The molecular weight excluding hydrogens is 178 g/mol. The molecule has 1 heterocycles. The molecular formula is C11H15NO2. The molecule has 3 nitrogen and oxygen atoms in total. The van der Waals surface area contributed by atoms with Gasteiger partial charge in [0.05, 0.1) is 5.41 Å². The van der Waals surface area contributed by atoms with Gasteiger partial charge in [-0.3, -0.25) is 4.79 Å². The number of carboxylic acids is 1. The number of aliphatic carboxylic acids is 1. The fraction of sp³-hybridized carbons (Fsp3) is 0.545. The summed E-state index contributed by atoms with van der Waals surface area (Å²) in [5, 5.41) is 9.25. The molecule has 1 saturated carbocycles. The van der Waals surface area contributed by atoms with Crippen LogP contribution in [0.1, 0.15) is 31.2 Å². The molecule has 1 aromatic heterocycles. The summed E-state index contributed by atoms with van der Waals surface area (Å²) in [5.41, 5.74) is 0.622. The Kier molecular flexibility index (Phi) is 2.32. The highest BCUT2D eigenvalue weighted by Crippen LogP contribution is 2.41. The van der Waals surface area contributed by atoms with Crippen LogP contribution in [0.2, 0.25) is 0 Å². The number of aromatic amines is 1. The van der Waals surface area contributed by atoms with Gasteiger partial charge >= 0.3 is 5.97 Å². The van der Waals surface area contributed by atoms with Gasteiger partial charge in [-0.2, -0.15) is 0 Å². The third-order valence-corrected chi connectivity index (χ3v) is 3.22. The van der Waals surface area contributed by atoms with Gasteiger partial charge in [0.2, 0.25) is 0 Å². The van der Waals surface area contributed by atoms with Crippen LogP contribution in [0.15, 0.2) is 18.5 Å². The van der Waals surface area contributed by atoms with Crippen molar-refractivity contribution in [1.29, 1.82) is 0 Å². The average molecular weight is 193 g/mol. The van der Waals surface area contributed by atoms with E-state index in [-0.39, 0.29) is 0 Å². The topological polar surface area (TPSA) is 53.1 Å². The molecule has 0 spiro atoms. The van der Waals surface area contributed by atoms with Crippen LogP contribution in [-0.2, 0) is 11.2 Å². The van der Waals surface area contributed by atoms with Gasteiger partial charge in [-0.1, -0.05) is 12.8 Å². The summed E-state index contributed by atoms with van der Waals surface area (Å²) in [6.45, 7) is 0. The quantitative estimate of drug-likeness (QED) is 0.773. The Morgan fingerprint density at radius 3 is 2.71 bits per heavy atom. The number of hydrogen-bond acceptors (Lipinski definition) is 1. The molecule has 3 heteroatoms. The molecule has 0 atom stereocenters. The van der Waals surface area contributed by atoms with Gasteiger partial charge in [0.15, 0.2) is 0 Å². The molecule has 1 fully saturated rings. The van der Waals surface area contributed by atoms with Crippen LogP contribution in [-0.4, -0.2) is 16.1 Å². The van der Waals surface area contributed by atoms with E-state index in [1.54, 1.807) is 0 Å².